The highest BCUT2D eigenvalue weighted by atomic mass is 32.2. The van der Waals surface area contributed by atoms with Crippen molar-refractivity contribution < 1.29 is 8.42 Å². The van der Waals surface area contributed by atoms with Gasteiger partial charge in [0.1, 0.15) is 0 Å². The van der Waals surface area contributed by atoms with Crippen LogP contribution in [-0.4, -0.2) is 30.7 Å². The molecule has 0 fully saturated rings. The lowest BCUT2D eigenvalue weighted by Crippen LogP contribution is -2.28. The van der Waals surface area contributed by atoms with Crippen molar-refractivity contribution in [2.75, 3.05) is 17.2 Å². The van der Waals surface area contributed by atoms with Crippen LogP contribution in [0.1, 0.15) is 29.8 Å². The van der Waals surface area contributed by atoms with Gasteiger partial charge in [-0.05, 0) is 37.6 Å². The molecule has 1 atom stereocenters. The summed E-state index contributed by atoms with van der Waals surface area (Å²) in [7, 11) is -3.32. The molecule has 1 aromatic heterocycles. The van der Waals surface area contributed by atoms with Gasteiger partial charge >= 0.3 is 0 Å². The Hall–Kier alpha value is -2.51. The zero-order valence-electron chi connectivity index (χ0n) is 15.4. The van der Waals surface area contributed by atoms with E-state index in [0.717, 1.165) is 27.7 Å². The van der Waals surface area contributed by atoms with Crippen molar-refractivity contribution in [2.24, 2.45) is 5.73 Å². The topological polar surface area (TPSA) is 89.2 Å². The van der Waals surface area contributed by atoms with Gasteiger partial charge in [0.05, 0.1) is 21.9 Å². The highest BCUT2D eigenvalue weighted by molar-refractivity contribution is 7.91. The van der Waals surface area contributed by atoms with Gasteiger partial charge in [0.25, 0.3) is 0 Å². The maximum atomic E-state index is 12.6. The average molecular weight is 382 g/mol. The molecule has 6 nitrogen and oxygen atoms in total. The third-order valence-corrected chi connectivity index (χ3v) is 6.67. The summed E-state index contributed by atoms with van der Waals surface area (Å²) < 4.78 is 25.2. The second-order valence-electron chi connectivity index (χ2n) is 7.07. The minimum atomic E-state index is -3.32. The van der Waals surface area contributed by atoms with Gasteiger partial charge in [-0.1, -0.05) is 29.8 Å². The monoisotopic (exact) mass is 382 g/mol. The molecule has 1 aliphatic rings. The number of anilines is 1. The number of fused-ring (bicyclic) bond motifs is 2. The maximum Gasteiger partial charge on any atom is 0.226 e. The molecule has 0 spiro atoms. The number of aryl methyl sites for hydroxylation is 1. The number of benzene rings is 2. The van der Waals surface area contributed by atoms with E-state index >= 15 is 0 Å². The fourth-order valence-electron chi connectivity index (χ4n) is 3.48. The largest absolute Gasteiger partial charge is 0.335 e. The highest BCUT2D eigenvalue weighted by Crippen LogP contribution is 2.28. The molecule has 0 radical (unpaired) electrons. The van der Waals surface area contributed by atoms with Crippen LogP contribution in [0.5, 0.6) is 0 Å². The quantitative estimate of drug-likeness (QED) is 0.733. The Morgan fingerprint density at radius 1 is 1.15 bits per heavy atom. The summed E-state index contributed by atoms with van der Waals surface area (Å²) in [6.07, 6.45) is 0. The lowest BCUT2D eigenvalue weighted by molar-refractivity contribution is 0.596. The molecule has 1 unspecified atom stereocenters. The molecule has 2 N–H and O–H groups in total. The van der Waals surface area contributed by atoms with Crippen LogP contribution in [0.15, 0.2) is 47.4 Å². The van der Waals surface area contributed by atoms with Crippen molar-refractivity contribution in [1.82, 2.24) is 9.97 Å². The van der Waals surface area contributed by atoms with Crippen LogP contribution in [0.4, 0.5) is 5.95 Å². The first-order valence-electron chi connectivity index (χ1n) is 8.94. The number of hydrogen-bond donors (Lipinski definition) is 1. The van der Waals surface area contributed by atoms with Crippen LogP contribution in [0, 0.1) is 6.92 Å². The molecule has 0 aliphatic carbocycles. The highest BCUT2D eigenvalue weighted by Gasteiger charge is 2.27. The van der Waals surface area contributed by atoms with Crippen LogP contribution in [-0.2, 0) is 16.4 Å². The molecular weight excluding hydrogens is 360 g/mol. The van der Waals surface area contributed by atoms with E-state index in [2.05, 4.69) is 0 Å². The second kappa shape index (κ2) is 6.58. The molecule has 1 aliphatic heterocycles. The van der Waals surface area contributed by atoms with Crippen molar-refractivity contribution in [3.63, 3.8) is 0 Å². The molecule has 0 saturated heterocycles. The Labute approximate surface area is 159 Å². The number of hydrogen-bond acceptors (Lipinski definition) is 6. The van der Waals surface area contributed by atoms with Crippen molar-refractivity contribution >= 4 is 26.7 Å². The maximum absolute atomic E-state index is 12.6. The second-order valence-corrected chi connectivity index (χ2v) is 9.14. The minimum Gasteiger partial charge on any atom is -0.335 e. The summed E-state index contributed by atoms with van der Waals surface area (Å²) >= 11 is 0. The third kappa shape index (κ3) is 3.28. The van der Waals surface area contributed by atoms with Gasteiger partial charge in [0.2, 0.25) is 5.95 Å². The minimum absolute atomic E-state index is 0.0345. The smallest absolute Gasteiger partial charge is 0.226 e. The zero-order valence-corrected chi connectivity index (χ0v) is 16.2. The first-order chi connectivity index (χ1) is 12.8. The molecule has 0 saturated carbocycles. The molecule has 3 aromatic rings. The van der Waals surface area contributed by atoms with Gasteiger partial charge in [-0.3, -0.25) is 0 Å². The fraction of sp³-hybridized carbons (Fsp3) is 0.300. The van der Waals surface area contributed by atoms with E-state index in [1.54, 1.807) is 12.1 Å². The van der Waals surface area contributed by atoms with E-state index in [9.17, 15) is 8.42 Å². The summed E-state index contributed by atoms with van der Waals surface area (Å²) in [4.78, 5) is 11.8. The van der Waals surface area contributed by atoms with Gasteiger partial charge in [0.15, 0.2) is 9.84 Å². The lowest BCUT2D eigenvalue weighted by Gasteiger charge is -2.22. The summed E-state index contributed by atoms with van der Waals surface area (Å²) in [5.74, 6) is 0.554. The van der Waals surface area contributed by atoms with E-state index in [4.69, 9.17) is 15.7 Å². The van der Waals surface area contributed by atoms with Crippen molar-refractivity contribution in [3.8, 4) is 0 Å². The van der Waals surface area contributed by atoms with Gasteiger partial charge in [-0.15, -0.1) is 0 Å². The van der Waals surface area contributed by atoms with Gasteiger partial charge < -0.3 is 10.6 Å². The van der Waals surface area contributed by atoms with Crippen molar-refractivity contribution in [2.45, 2.75) is 31.3 Å². The predicted octanol–water partition coefficient (Wildman–Crippen LogP) is 2.75. The Balaban J connectivity index is 1.84. The van der Waals surface area contributed by atoms with Crippen LogP contribution >= 0.6 is 0 Å². The standard InChI is InChI=1S/C20H22N4O2S/c1-13-7-8-17-16(11-13)19(14(2)21)23-20(22-17)24-9-10-27(25,26)18-6-4-3-5-15(18)12-24/h3-8,11,14H,9-10,12,21H2,1-2H3. The molecule has 140 valence electrons. The number of nitrogens with two attached hydrogens (primary N) is 1. The normalized spacial score (nSPS) is 17.4. The molecule has 27 heavy (non-hydrogen) atoms. The molecular formula is C20H22N4O2S. The number of aromatic nitrogens is 2. The Bertz CT molecular complexity index is 1130. The summed E-state index contributed by atoms with van der Waals surface area (Å²) in [6, 6.07) is 12.9. The van der Waals surface area contributed by atoms with Crippen LogP contribution in [0.2, 0.25) is 0 Å². The van der Waals surface area contributed by atoms with E-state index in [1.165, 1.54) is 0 Å². The van der Waals surface area contributed by atoms with Gasteiger partial charge in [0, 0.05) is 24.5 Å². The van der Waals surface area contributed by atoms with E-state index in [-0.39, 0.29) is 11.8 Å². The van der Waals surface area contributed by atoms with Crippen LogP contribution in [0.25, 0.3) is 10.9 Å². The Kier molecular flexibility index (Phi) is 4.36. The van der Waals surface area contributed by atoms with Crippen LogP contribution in [0.3, 0.4) is 0 Å². The van der Waals surface area contributed by atoms with Crippen LogP contribution < -0.4 is 10.6 Å². The summed E-state index contributed by atoms with van der Waals surface area (Å²) in [6.45, 7) is 4.71. The zero-order chi connectivity index (χ0) is 19.2. The SMILES string of the molecule is Cc1ccc2nc(N3CCS(=O)(=O)c4ccccc4C3)nc(C(C)N)c2c1. The molecule has 4 rings (SSSR count). The molecule has 7 heteroatoms. The Morgan fingerprint density at radius 3 is 2.70 bits per heavy atom. The van der Waals surface area contributed by atoms with E-state index in [0.29, 0.717) is 23.9 Å². The molecule has 2 aromatic carbocycles. The number of rotatable bonds is 2. The Morgan fingerprint density at radius 2 is 1.93 bits per heavy atom. The van der Waals surface area contributed by atoms with Gasteiger partial charge in [-0.25, -0.2) is 18.4 Å². The summed E-state index contributed by atoms with van der Waals surface area (Å²) in [5, 5.41) is 0.941. The van der Waals surface area contributed by atoms with E-state index < -0.39 is 9.84 Å². The molecule has 0 bridgehead atoms. The molecule has 0 amide bonds. The first-order valence-corrected chi connectivity index (χ1v) is 10.6. The van der Waals surface area contributed by atoms with Crippen molar-refractivity contribution in [1.29, 1.82) is 0 Å². The predicted molar refractivity (Wildman–Crippen MR) is 106 cm³/mol. The third-order valence-electron chi connectivity index (χ3n) is 4.88. The summed E-state index contributed by atoms with van der Waals surface area (Å²) in [5.41, 5.74) is 9.66. The first kappa shape index (κ1) is 17.9. The number of sulfone groups is 1. The average Bonchev–Trinajstić information content (AvgIpc) is 2.77. The fourth-order valence-corrected chi connectivity index (χ4v) is 4.97. The number of nitrogens with zero attached hydrogens (tertiary/aromatic N) is 3. The van der Waals surface area contributed by atoms with Crippen molar-refractivity contribution in [3.05, 3.63) is 59.3 Å². The van der Waals surface area contributed by atoms with E-state index in [1.807, 2.05) is 49.1 Å². The molecule has 2 heterocycles. The lowest BCUT2D eigenvalue weighted by atomic mass is 10.1. The van der Waals surface area contributed by atoms with Gasteiger partial charge in [-0.2, -0.15) is 0 Å².